The minimum Gasteiger partial charge on any atom is -0.396 e. The Bertz CT molecular complexity index is 242. The maximum absolute atomic E-state index is 8.47. The molecule has 0 unspecified atom stereocenters. The van der Waals surface area contributed by atoms with Crippen LogP contribution in [0.3, 0.4) is 0 Å². The van der Waals surface area contributed by atoms with Gasteiger partial charge in [0.15, 0.2) is 3.95 Å². The van der Waals surface area contributed by atoms with E-state index in [0.717, 1.165) is 17.8 Å². The molecule has 2 N–H and O–H groups in total. The lowest BCUT2D eigenvalue weighted by Crippen LogP contribution is -1.87. The van der Waals surface area contributed by atoms with E-state index in [1.54, 1.807) is 0 Å². The summed E-state index contributed by atoms with van der Waals surface area (Å²) in [6.07, 6.45) is 1.57. The summed E-state index contributed by atoms with van der Waals surface area (Å²) in [5.41, 5.74) is 0. The molecule has 0 aliphatic heterocycles. The van der Waals surface area contributed by atoms with Crippen molar-refractivity contribution in [3.8, 4) is 0 Å². The number of hydrogen-bond acceptors (Lipinski definition) is 4. The Balaban J connectivity index is 2.50. The zero-order valence-electron chi connectivity index (χ0n) is 5.33. The SMILES string of the molecule is OCCCc1n[nH]c(=S)s1. The molecule has 0 saturated carbocycles. The quantitative estimate of drug-likeness (QED) is 0.679. The van der Waals surface area contributed by atoms with Crippen molar-refractivity contribution in [3.05, 3.63) is 8.96 Å². The predicted octanol–water partition coefficient (Wildman–Crippen LogP) is 1.13. The first-order valence-corrected chi connectivity index (χ1v) is 4.20. The molecule has 0 amide bonds. The standard InChI is InChI=1S/C5H8N2OS2/c8-3-1-2-4-6-7-5(9)10-4/h8H,1-3H2,(H,7,9). The van der Waals surface area contributed by atoms with Gasteiger partial charge in [0.25, 0.3) is 0 Å². The average molecular weight is 176 g/mol. The summed E-state index contributed by atoms with van der Waals surface area (Å²) in [7, 11) is 0. The molecule has 0 fully saturated rings. The van der Waals surface area contributed by atoms with Crippen LogP contribution in [0.5, 0.6) is 0 Å². The van der Waals surface area contributed by atoms with Gasteiger partial charge in [-0.05, 0) is 18.6 Å². The summed E-state index contributed by atoms with van der Waals surface area (Å²) in [6.45, 7) is 0.215. The number of aryl methyl sites for hydroxylation is 1. The smallest absolute Gasteiger partial charge is 0.176 e. The van der Waals surface area contributed by atoms with E-state index < -0.39 is 0 Å². The van der Waals surface area contributed by atoms with Crippen molar-refractivity contribution < 1.29 is 5.11 Å². The molecule has 0 saturated heterocycles. The maximum Gasteiger partial charge on any atom is 0.176 e. The number of aromatic nitrogens is 2. The van der Waals surface area contributed by atoms with Crippen molar-refractivity contribution in [2.24, 2.45) is 0 Å². The second-order valence-electron chi connectivity index (χ2n) is 1.83. The Morgan fingerprint density at radius 1 is 1.70 bits per heavy atom. The average Bonchev–Trinajstić information content (AvgIpc) is 2.31. The van der Waals surface area contributed by atoms with Gasteiger partial charge in [-0.1, -0.05) is 11.3 Å². The topological polar surface area (TPSA) is 48.9 Å². The number of hydrogen-bond donors (Lipinski definition) is 2. The normalized spacial score (nSPS) is 10.1. The fourth-order valence-corrected chi connectivity index (χ4v) is 1.58. The third-order valence-corrected chi connectivity index (χ3v) is 2.18. The monoisotopic (exact) mass is 176 g/mol. The first-order valence-electron chi connectivity index (χ1n) is 2.98. The Morgan fingerprint density at radius 3 is 3.00 bits per heavy atom. The molecular formula is C5H8N2OS2. The van der Waals surface area contributed by atoms with E-state index in [0.29, 0.717) is 3.95 Å². The summed E-state index contributed by atoms with van der Waals surface area (Å²) in [4.78, 5) is 0. The molecular weight excluding hydrogens is 168 g/mol. The van der Waals surface area contributed by atoms with Crippen LogP contribution in [-0.2, 0) is 6.42 Å². The van der Waals surface area contributed by atoms with Crippen molar-refractivity contribution in [1.82, 2.24) is 10.2 Å². The van der Waals surface area contributed by atoms with E-state index >= 15 is 0 Å². The highest BCUT2D eigenvalue weighted by Gasteiger charge is 1.95. The second kappa shape index (κ2) is 3.80. The first kappa shape index (κ1) is 7.84. The van der Waals surface area contributed by atoms with Crippen LogP contribution in [0, 0.1) is 3.95 Å². The van der Waals surface area contributed by atoms with Crippen LogP contribution in [-0.4, -0.2) is 21.9 Å². The highest BCUT2D eigenvalue weighted by atomic mass is 32.1. The largest absolute Gasteiger partial charge is 0.396 e. The van der Waals surface area contributed by atoms with Gasteiger partial charge in [0.05, 0.1) is 0 Å². The van der Waals surface area contributed by atoms with Gasteiger partial charge < -0.3 is 5.11 Å². The Labute approximate surface area is 67.7 Å². The molecule has 56 valence electrons. The molecule has 0 bridgehead atoms. The van der Waals surface area contributed by atoms with Gasteiger partial charge in [0.2, 0.25) is 0 Å². The number of rotatable bonds is 3. The summed E-state index contributed by atoms with van der Waals surface area (Å²) in [6, 6.07) is 0. The first-order chi connectivity index (χ1) is 4.83. The van der Waals surface area contributed by atoms with Crippen molar-refractivity contribution in [3.63, 3.8) is 0 Å². The fraction of sp³-hybridized carbons (Fsp3) is 0.600. The van der Waals surface area contributed by atoms with E-state index in [1.165, 1.54) is 11.3 Å². The van der Waals surface area contributed by atoms with Crippen LogP contribution < -0.4 is 0 Å². The van der Waals surface area contributed by atoms with Crippen LogP contribution in [0.15, 0.2) is 0 Å². The molecule has 0 spiro atoms. The van der Waals surface area contributed by atoms with E-state index in [2.05, 4.69) is 10.2 Å². The lowest BCUT2D eigenvalue weighted by atomic mass is 10.3. The van der Waals surface area contributed by atoms with Crippen molar-refractivity contribution in [2.75, 3.05) is 6.61 Å². The minimum atomic E-state index is 0.215. The van der Waals surface area contributed by atoms with Crippen LogP contribution in [0.1, 0.15) is 11.4 Å². The number of nitrogens with one attached hydrogen (secondary N) is 1. The minimum absolute atomic E-state index is 0.215. The number of aromatic amines is 1. The van der Waals surface area contributed by atoms with Gasteiger partial charge in [0.1, 0.15) is 5.01 Å². The zero-order chi connectivity index (χ0) is 7.40. The van der Waals surface area contributed by atoms with Crippen molar-refractivity contribution >= 4 is 23.6 Å². The van der Waals surface area contributed by atoms with Crippen LogP contribution in [0.25, 0.3) is 0 Å². The molecule has 1 rings (SSSR count). The molecule has 0 aliphatic carbocycles. The van der Waals surface area contributed by atoms with E-state index in [1.807, 2.05) is 0 Å². The van der Waals surface area contributed by atoms with Crippen molar-refractivity contribution in [2.45, 2.75) is 12.8 Å². The van der Waals surface area contributed by atoms with Gasteiger partial charge in [0, 0.05) is 13.0 Å². The maximum atomic E-state index is 8.47. The number of H-pyrrole nitrogens is 1. The van der Waals surface area contributed by atoms with E-state index in [4.69, 9.17) is 17.3 Å². The summed E-state index contributed by atoms with van der Waals surface area (Å²) < 4.78 is 0.702. The molecule has 1 aromatic rings. The molecule has 0 radical (unpaired) electrons. The van der Waals surface area contributed by atoms with Gasteiger partial charge in [-0.3, -0.25) is 5.10 Å². The Kier molecular flexibility index (Phi) is 2.98. The predicted molar refractivity (Wildman–Crippen MR) is 42.7 cm³/mol. The Morgan fingerprint density at radius 2 is 2.50 bits per heavy atom. The number of aliphatic hydroxyl groups is 1. The van der Waals surface area contributed by atoms with Crippen molar-refractivity contribution in [1.29, 1.82) is 0 Å². The van der Waals surface area contributed by atoms with E-state index in [9.17, 15) is 0 Å². The Hall–Kier alpha value is -0.260. The number of nitrogens with zero attached hydrogens (tertiary/aromatic N) is 1. The molecule has 5 heteroatoms. The highest BCUT2D eigenvalue weighted by molar-refractivity contribution is 7.73. The summed E-state index contributed by atoms with van der Waals surface area (Å²) >= 11 is 6.29. The molecule has 0 aliphatic rings. The highest BCUT2D eigenvalue weighted by Crippen LogP contribution is 2.06. The molecule has 0 aromatic carbocycles. The lowest BCUT2D eigenvalue weighted by Gasteiger charge is -1.87. The lowest BCUT2D eigenvalue weighted by molar-refractivity contribution is 0.288. The third kappa shape index (κ3) is 2.17. The molecule has 1 aromatic heterocycles. The van der Waals surface area contributed by atoms with Gasteiger partial charge in [-0.15, -0.1) is 0 Å². The fourth-order valence-electron chi connectivity index (χ4n) is 0.598. The van der Waals surface area contributed by atoms with Gasteiger partial charge >= 0.3 is 0 Å². The van der Waals surface area contributed by atoms with Crippen LogP contribution >= 0.6 is 23.6 Å². The summed E-state index contributed by atoms with van der Waals surface area (Å²) in [5.74, 6) is 0. The molecule has 3 nitrogen and oxygen atoms in total. The summed E-state index contributed by atoms with van der Waals surface area (Å²) in [5, 5.41) is 16.1. The molecule has 10 heavy (non-hydrogen) atoms. The van der Waals surface area contributed by atoms with E-state index in [-0.39, 0.29) is 6.61 Å². The number of aliphatic hydroxyl groups excluding tert-OH is 1. The van der Waals surface area contributed by atoms with Crippen LogP contribution in [0.4, 0.5) is 0 Å². The second-order valence-corrected chi connectivity index (χ2v) is 3.58. The van der Waals surface area contributed by atoms with Crippen LogP contribution in [0.2, 0.25) is 0 Å². The van der Waals surface area contributed by atoms with Gasteiger partial charge in [-0.2, -0.15) is 5.10 Å². The molecule has 0 atom stereocenters. The van der Waals surface area contributed by atoms with Gasteiger partial charge in [-0.25, -0.2) is 0 Å². The molecule has 1 heterocycles. The third-order valence-electron chi connectivity index (χ3n) is 1.03. The zero-order valence-corrected chi connectivity index (χ0v) is 6.97.